The number of carbonyl (C=O) groups is 3. The van der Waals surface area contributed by atoms with Crippen LogP contribution in [-0.4, -0.2) is 43.8 Å². The van der Waals surface area contributed by atoms with Crippen molar-refractivity contribution in [1.29, 1.82) is 0 Å². The molecule has 7 heteroatoms. The largest absolute Gasteiger partial charge is 3.00 e. The molecule has 0 aliphatic heterocycles. The van der Waals surface area contributed by atoms with E-state index < -0.39 is 17.9 Å². The summed E-state index contributed by atoms with van der Waals surface area (Å²) in [6, 6.07) is 0. The Balaban J connectivity index is 0.000000473. The minimum absolute atomic E-state index is 0. The summed E-state index contributed by atoms with van der Waals surface area (Å²) >= 11 is 0. The fourth-order valence-electron chi connectivity index (χ4n) is 6.05. The predicted octanol–water partition coefficient (Wildman–Crippen LogP) is 2.05. The Labute approximate surface area is 225 Å². The molecule has 3 saturated carbocycles. The first kappa shape index (κ1) is 33.3. The Kier molecular flexibility index (Phi) is 15.8. The van der Waals surface area contributed by atoms with Crippen LogP contribution < -0.4 is 15.3 Å². The summed E-state index contributed by atoms with van der Waals surface area (Å²) in [5.74, 6) is -0.125. The van der Waals surface area contributed by atoms with Gasteiger partial charge in [-0.05, 0) is 74.0 Å². The van der Waals surface area contributed by atoms with Gasteiger partial charge in [0.15, 0.2) is 0 Å². The van der Waals surface area contributed by atoms with E-state index in [4.69, 9.17) is 0 Å². The number of aliphatic carboxylic acids is 3. The third-order valence-corrected chi connectivity index (χ3v) is 8.20. The molecule has 3 aliphatic rings. The van der Waals surface area contributed by atoms with Crippen molar-refractivity contribution in [1.82, 2.24) is 0 Å². The molecule has 0 saturated heterocycles. The van der Waals surface area contributed by atoms with Crippen LogP contribution in [0.4, 0.5) is 0 Å². The van der Waals surface area contributed by atoms with Crippen molar-refractivity contribution in [2.24, 2.45) is 53.3 Å². The number of hydrogen-bond donors (Lipinski definition) is 0. The standard InChI is InChI=1S/3C9H16O2.In/c3*1-6-3-4-8(9(10)11)7(2)5-6;/h3*6-8H,3-5H2,1-2H3,(H,10,11);/q;;;+3/p-3. The molecule has 3 fully saturated rings. The molecule has 0 heterocycles. The minimum atomic E-state index is -0.857. The number of hydrogen-bond acceptors (Lipinski definition) is 6. The molecule has 0 spiro atoms. The summed E-state index contributed by atoms with van der Waals surface area (Å²) in [7, 11) is 0. The van der Waals surface area contributed by atoms with Crippen molar-refractivity contribution < 1.29 is 29.7 Å². The first-order valence-corrected chi connectivity index (χ1v) is 13.0. The van der Waals surface area contributed by atoms with E-state index in [9.17, 15) is 29.7 Å². The average molecular weight is 580 g/mol. The summed E-state index contributed by atoms with van der Waals surface area (Å²) in [5.41, 5.74) is 0. The van der Waals surface area contributed by atoms with Crippen molar-refractivity contribution >= 4 is 43.8 Å². The zero-order valence-electron chi connectivity index (χ0n) is 22.1. The fourth-order valence-corrected chi connectivity index (χ4v) is 6.05. The summed E-state index contributed by atoms with van der Waals surface area (Å²) in [5, 5.41) is 31.7. The van der Waals surface area contributed by atoms with Gasteiger partial charge in [0.05, 0.1) is 0 Å². The molecule has 0 radical (unpaired) electrons. The molecule has 34 heavy (non-hydrogen) atoms. The molecule has 3 aliphatic carbocycles. The molecule has 0 N–H and O–H groups in total. The molecule has 0 aromatic heterocycles. The van der Waals surface area contributed by atoms with Crippen LogP contribution in [0.25, 0.3) is 0 Å². The second-order valence-corrected chi connectivity index (χ2v) is 11.5. The second kappa shape index (κ2) is 16.1. The first-order valence-electron chi connectivity index (χ1n) is 13.0. The maximum atomic E-state index is 10.6. The topological polar surface area (TPSA) is 120 Å². The van der Waals surface area contributed by atoms with Gasteiger partial charge < -0.3 is 29.7 Å². The van der Waals surface area contributed by atoms with Crippen LogP contribution in [0.2, 0.25) is 0 Å². The Hall–Kier alpha value is -0.720. The fraction of sp³-hybridized carbons (Fsp3) is 0.889. The van der Waals surface area contributed by atoms with Gasteiger partial charge in [-0.25, -0.2) is 0 Å². The van der Waals surface area contributed by atoms with Gasteiger partial charge in [-0.2, -0.15) is 0 Å². The molecule has 0 aromatic rings. The average Bonchev–Trinajstić information content (AvgIpc) is 2.68. The maximum Gasteiger partial charge on any atom is 3.00 e. The van der Waals surface area contributed by atoms with Gasteiger partial charge in [-0.1, -0.05) is 60.8 Å². The van der Waals surface area contributed by atoms with Crippen LogP contribution in [-0.2, 0) is 14.4 Å². The van der Waals surface area contributed by atoms with Crippen LogP contribution in [0.15, 0.2) is 0 Å². The van der Waals surface area contributed by atoms with E-state index in [0.29, 0.717) is 35.5 Å². The van der Waals surface area contributed by atoms with Crippen LogP contribution in [0.1, 0.15) is 99.3 Å². The molecule has 3 rings (SSSR count). The van der Waals surface area contributed by atoms with E-state index in [1.54, 1.807) is 0 Å². The smallest absolute Gasteiger partial charge is 0.550 e. The van der Waals surface area contributed by atoms with Crippen LogP contribution in [0, 0.1) is 53.3 Å². The molecule has 9 unspecified atom stereocenters. The van der Waals surface area contributed by atoms with Crippen LogP contribution in [0.3, 0.4) is 0 Å². The van der Waals surface area contributed by atoms with Crippen molar-refractivity contribution in [3.8, 4) is 0 Å². The van der Waals surface area contributed by atoms with Gasteiger partial charge in [-0.3, -0.25) is 0 Å². The quantitative estimate of drug-likeness (QED) is 0.504. The van der Waals surface area contributed by atoms with Crippen molar-refractivity contribution in [2.45, 2.75) is 99.3 Å². The van der Waals surface area contributed by atoms with Gasteiger partial charge in [-0.15, -0.1) is 0 Å². The first-order chi connectivity index (χ1) is 15.3. The molecule has 9 atom stereocenters. The maximum absolute atomic E-state index is 10.6. The summed E-state index contributed by atoms with van der Waals surface area (Å²) in [4.78, 5) is 31.7. The van der Waals surface area contributed by atoms with Gasteiger partial charge in [0.2, 0.25) is 0 Å². The number of carboxylic acid groups (broad SMARTS) is 3. The normalized spacial score (nSPS) is 37.4. The van der Waals surface area contributed by atoms with E-state index in [2.05, 4.69) is 20.8 Å². The van der Waals surface area contributed by atoms with Crippen LogP contribution in [0.5, 0.6) is 0 Å². The summed E-state index contributed by atoms with van der Waals surface area (Å²) < 4.78 is 0. The number of carbonyl (C=O) groups excluding carboxylic acids is 3. The van der Waals surface area contributed by atoms with E-state index in [1.807, 2.05) is 20.8 Å². The monoisotopic (exact) mass is 580 g/mol. The number of rotatable bonds is 3. The molecular weight excluding hydrogens is 535 g/mol. The van der Waals surface area contributed by atoms with Crippen molar-refractivity contribution in [3.05, 3.63) is 0 Å². The van der Waals surface area contributed by atoms with E-state index in [1.165, 1.54) is 0 Å². The Morgan fingerprint density at radius 1 is 0.471 bits per heavy atom. The third-order valence-electron chi connectivity index (χ3n) is 8.20. The van der Waals surface area contributed by atoms with Crippen molar-refractivity contribution in [2.75, 3.05) is 0 Å². The zero-order chi connectivity index (χ0) is 25.3. The SMILES string of the molecule is CC1CCC(C(=O)[O-])C(C)C1.CC1CCC(C(=O)[O-])C(C)C1.CC1CCC(C(=O)[O-])C(C)C1.[In+3]. The zero-order valence-corrected chi connectivity index (χ0v) is 25.4. The van der Waals surface area contributed by atoms with E-state index in [0.717, 1.165) is 57.8 Å². The predicted molar refractivity (Wildman–Crippen MR) is 128 cm³/mol. The van der Waals surface area contributed by atoms with Gasteiger partial charge in [0.1, 0.15) is 0 Å². The number of carboxylic acids is 3. The molecule has 0 bridgehead atoms. The molecule has 0 amide bonds. The van der Waals surface area contributed by atoms with Gasteiger partial charge in [0.25, 0.3) is 0 Å². The van der Waals surface area contributed by atoms with Crippen molar-refractivity contribution in [3.63, 3.8) is 0 Å². The Bertz CT molecular complexity index is 553. The summed E-state index contributed by atoms with van der Waals surface area (Å²) in [6.45, 7) is 12.6. The minimum Gasteiger partial charge on any atom is -0.550 e. The van der Waals surface area contributed by atoms with E-state index in [-0.39, 0.29) is 43.6 Å². The third kappa shape index (κ3) is 11.3. The van der Waals surface area contributed by atoms with Gasteiger partial charge in [0, 0.05) is 35.7 Å². The van der Waals surface area contributed by atoms with Gasteiger partial charge >= 0.3 is 25.8 Å². The Morgan fingerprint density at radius 2 is 0.676 bits per heavy atom. The second-order valence-electron chi connectivity index (χ2n) is 11.5. The molecule has 192 valence electrons. The molecular formula is C27H45InO6. The summed E-state index contributed by atoms with van der Waals surface area (Å²) in [6.07, 6.45) is 8.69. The van der Waals surface area contributed by atoms with Crippen LogP contribution >= 0.6 is 0 Å². The van der Waals surface area contributed by atoms with E-state index >= 15 is 0 Å². The Morgan fingerprint density at radius 3 is 0.824 bits per heavy atom. The molecule has 6 nitrogen and oxygen atoms in total. The molecule has 0 aromatic carbocycles.